The van der Waals surface area contributed by atoms with Crippen molar-refractivity contribution in [2.24, 2.45) is 0 Å². The Kier molecular flexibility index (Phi) is 5.08. The minimum absolute atomic E-state index is 0.0176. The molecule has 2 heterocycles. The number of Topliss-reactive ketones (excluding diaryl/α,β-unsaturated/α-hetero) is 1. The molecule has 1 aromatic carbocycles. The zero-order valence-corrected chi connectivity index (χ0v) is 18.2. The molecule has 29 heavy (non-hydrogen) atoms. The Hall–Kier alpha value is -1.92. The van der Waals surface area contributed by atoms with E-state index in [1.807, 2.05) is 31.2 Å². The second kappa shape index (κ2) is 7.73. The Morgan fingerprint density at radius 2 is 1.79 bits per heavy atom. The molecule has 1 saturated carbocycles. The Balaban J connectivity index is 1.71. The first-order chi connectivity index (χ1) is 14.1. The van der Waals surface area contributed by atoms with Crippen LogP contribution in [0, 0.1) is 6.92 Å². The lowest BCUT2D eigenvalue weighted by Gasteiger charge is -2.21. The summed E-state index contributed by atoms with van der Waals surface area (Å²) in [6.07, 6.45) is 7.88. The summed E-state index contributed by atoms with van der Waals surface area (Å²) < 4.78 is 1.75. The monoisotopic (exact) mass is 424 g/mol. The molecule has 0 radical (unpaired) electrons. The third-order valence-electron chi connectivity index (χ3n) is 6.00. The van der Waals surface area contributed by atoms with Gasteiger partial charge in [0.15, 0.2) is 5.16 Å². The van der Waals surface area contributed by atoms with Gasteiger partial charge < -0.3 is 0 Å². The van der Waals surface area contributed by atoms with Crippen LogP contribution in [0.25, 0.3) is 15.9 Å². The lowest BCUT2D eigenvalue weighted by molar-refractivity contribution is -0.119. The Morgan fingerprint density at radius 3 is 2.59 bits per heavy atom. The highest BCUT2D eigenvalue weighted by molar-refractivity contribution is 8.00. The number of thiophene rings is 1. The van der Waals surface area contributed by atoms with Gasteiger partial charge in [0.25, 0.3) is 5.56 Å². The standard InChI is InChI=1S/C23H24N2O2S2/c1-14-10-12-15(13-11-14)25-22(27)20-16-6-2-4-8-18(16)28-21(20)24-23(25)29-19-9-5-3-7-17(19)26/h10-13,19H,2-9H2,1H3. The highest BCUT2D eigenvalue weighted by atomic mass is 32.2. The molecule has 2 aliphatic rings. The number of thioether (sulfide) groups is 1. The fourth-order valence-corrected chi connectivity index (χ4v) is 6.93. The van der Waals surface area contributed by atoms with Crippen molar-refractivity contribution in [2.45, 2.75) is 68.7 Å². The number of carbonyl (C=O) groups is 1. The van der Waals surface area contributed by atoms with E-state index in [9.17, 15) is 9.59 Å². The van der Waals surface area contributed by atoms with Crippen LogP contribution in [0.3, 0.4) is 0 Å². The average molecular weight is 425 g/mol. The topological polar surface area (TPSA) is 52.0 Å². The van der Waals surface area contributed by atoms with Gasteiger partial charge in [0.1, 0.15) is 10.6 Å². The number of nitrogens with zero attached hydrogens (tertiary/aromatic N) is 2. The summed E-state index contributed by atoms with van der Waals surface area (Å²) in [7, 11) is 0. The van der Waals surface area contributed by atoms with E-state index in [4.69, 9.17) is 4.98 Å². The summed E-state index contributed by atoms with van der Waals surface area (Å²) >= 11 is 3.16. The van der Waals surface area contributed by atoms with Crippen LogP contribution in [-0.2, 0) is 17.6 Å². The highest BCUT2D eigenvalue weighted by Gasteiger charge is 2.28. The number of ketones is 1. The summed E-state index contributed by atoms with van der Waals surface area (Å²) in [5.74, 6) is 0.288. The molecule has 0 amide bonds. The molecule has 1 atom stereocenters. The number of aromatic nitrogens is 2. The predicted octanol–water partition coefficient (Wildman–Crippen LogP) is 5.24. The minimum atomic E-state index is -0.0978. The first-order valence-electron chi connectivity index (χ1n) is 10.5. The van der Waals surface area contributed by atoms with Crippen molar-refractivity contribution >= 4 is 39.1 Å². The molecule has 1 fully saturated rings. The maximum absolute atomic E-state index is 13.7. The summed E-state index contributed by atoms with van der Waals surface area (Å²) in [4.78, 5) is 33.3. The third kappa shape index (κ3) is 3.46. The smallest absolute Gasteiger partial charge is 0.267 e. The van der Waals surface area contributed by atoms with Gasteiger partial charge in [-0.3, -0.25) is 14.2 Å². The molecule has 2 aliphatic carbocycles. The van der Waals surface area contributed by atoms with Crippen LogP contribution in [0.4, 0.5) is 0 Å². The number of hydrogen-bond acceptors (Lipinski definition) is 5. The van der Waals surface area contributed by atoms with E-state index in [0.717, 1.165) is 60.0 Å². The van der Waals surface area contributed by atoms with Gasteiger partial charge in [0.2, 0.25) is 0 Å². The number of fused-ring (bicyclic) bond motifs is 3. The van der Waals surface area contributed by atoms with Crippen molar-refractivity contribution in [1.82, 2.24) is 9.55 Å². The van der Waals surface area contributed by atoms with E-state index in [2.05, 4.69) is 0 Å². The predicted molar refractivity (Wildman–Crippen MR) is 120 cm³/mol. The number of hydrogen-bond donors (Lipinski definition) is 0. The van der Waals surface area contributed by atoms with Gasteiger partial charge in [-0.05, 0) is 63.1 Å². The summed E-state index contributed by atoms with van der Waals surface area (Å²) in [6, 6.07) is 8.01. The fourth-order valence-electron chi connectivity index (χ4n) is 4.39. The molecule has 0 N–H and O–H groups in total. The highest BCUT2D eigenvalue weighted by Crippen LogP contribution is 2.37. The van der Waals surface area contributed by atoms with E-state index in [-0.39, 0.29) is 16.6 Å². The van der Waals surface area contributed by atoms with E-state index in [0.29, 0.717) is 11.6 Å². The zero-order valence-electron chi connectivity index (χ0n) is 16.6. The second-order valence-electron chi connectivity index (χ2n) is 8.08. The normalized spacial score (nSPS) is 19.5. The number of rotatable bonds is 3. The number of benzene rings is 1. The number of aryl methyl sites for hydroxylation is 3. The lowest BCUT2D eigenvalue weighted by atomic mass is 9.97. The molecule has 5 rings (SSSR count). The summed E-state index contributed by atoms with van der Waals surface area (Å²) in [5.41, 5.74) is 3.21. The van der Waals surface area contributed by atoms with Crippen LogP contribution in [0.5, 0.6) is 0 Å². The second-order valence-corrected chi connectivity index (χ2v) is 10.3. The van der Waals surface area contributed by atoms with Crippen LogP contribution in [0.2, 0.25) is 0 Å². The zero-order chi connectivity index (χ0) is 20.0. The maximum Gasteiger partial charge on any atom is 0.267 e. The molecule has 6 heteroatoms. The Labute approximate surface area is 178 Å². The molecule has 0 spiro atoms. The largest absolute Gasteiger partial charge is 0.298 e. The quantitative estimate of drug-likeness (QED) is 0.540. The van der Waals surface area contributed by atoms with Crippen LogP contribution in [-0.4, -0.2) is 20.6 Å². The molecular formula is C23H24N2O2S2. The van der Waals surface area contributed by atoms with Gasteiger partial charge in [0, 0.05) is 11.3 Å². The lowest BCUT2D eigenvalue weighted by Crippen LogP contribution is -2.26. The molecule has 4 nitrogen and oxygen atoms in total. The Morgan fingerprint density at radius 1 is 1.03 bits per heavy atom. The van der Waals surface area contributed by atoms with Gasteiger partial charge in [-0.1, -0.05) is 35.9 Å². The van der Waals surface area contributed by atoms with E-state index >= 15 is 0 Å². The molecular weight excluding hydrogens is 400 g/mol. The van der Waals surface area contributed by atoms with Crippen LogP contribution in [0.1, 0.15) is 54.5 Å². The molecule has 150 valence electrons. The van der Waals surface area contributed by atoms with Crippen LogP contribution >= 0.6 is 23.1 Å². The average Bonchev–Trinajstić information content (AvgIpc) is 3.09. The van der Waals surface area contributed by atoms with Gasteiger partial charge in [-0.15, -0.1) is 11.3 Å². The first-order valence-corrected chi connectivity index (χ1v) is 12.1. The van der Waals surface area contributed by atoms with Gasteiger partial charge in [-0.2, -0.15) is 0 Å². The van der Waals surface area contributed by atoms with E-state index in [1.54, 1.807) is 15.9 Å². The van der Waals surface area contributed by atoms with Gasteiger partial charge in [0.05, 0.1) is 16.3 Å². The van der Waals surface area contributed by atoms with Crippen molar-refractivity contribution in [1.29, 1.82) is 0 Å². The molecule has 2 aromatic heterocycles. The van der Waals surface area contributed by atoms with Crippen molar-refractivity contribution in [3.05, 3.63) is 50.6 Å². The SMILES string of the molecule is Cc1ccc(-n2c(SC3CCCCC3=O)nc3sc4c(c3c2=O)CCCC4)cc1. The van der Waals surface area contributed by atoms with Crippen molar-refractivity contribution in [3.63, 3.8) is 0 Å². The van der Waals surface area contributed by atoms with Gasteiger partial charge in [-0.25, -0.2) is 4.98 Å². The van der Waals surface area contributed by atoms with E-state index in [1.165, 1.54) is 28.6 Å². The number of carbonyl (C=O) groups excluding carboxylic acids is 1. The Bertz CT molecular complexity index is 1140. The minimum Gasteiger partial charge on any atom is -0.298 e. The van der Waals surface area contributed by atoms with Crippen LogP contribution < -0.4 is 5.56 Å². The summed E-state index contributed by atoms with van der Waals surface area (Å²) in [6.45, 7) is 2.04. The third-order valence-corrected chi connectivity index (χ3v) is 8.45. The van der Waals surface area contributed by atoms with E-state index < -0.39 is 0 Å². The van der Waals surface area contributed by atoms with Gasteiger partial charge >= 0.3 is 0 Å². The van der Waals surface area contributed by atoms with Crippen molar-refractivity contribution in [2.75, 3.05) is 0 Å². The molecule has 0 bridgehead atoms. The van der Waals surface area contributed by atoms with Crippen molar-refractivity contribution in [3.8, 4) is 5.69 Å². The fraction of sp³-hybridized carbons (Fsp3) is 0.435. The molecule has 0 saturated heterocycles. The summed E-state index contributed by atoms with van der Waals surface area (Å²) in [5, 5.41) is 1.36. The molecule has 0 aliphatic heterocycles. The molecule has 1 unspecified atom stereocenters. The molecule has 3 aromatic rings. The maximum atomic E-state index is 13.7. The first kappa shape index (κ1) is 19.1. The van der Waals surface area contributed by atoms with Crippen LogP contribution in [0.15, 0.2) is 34.2 Å². The van der Waals surface area contributed by atoms with Crippen molar-refractivity contribution < 1.29 is 4.79 Å².